The lowest BCUT2D eigenvalue weighted by atomic mass is 10.3. The highest BCUT2D eigenvalue weighted by Gasteiger charge is 2.16. The summed E-state index contributed by atoms with van der Waals surface area (Å²) < 4.78 is 33.2. The van der Waals surface area contributed by atoms with Crippen LogP contribution in [-0.4, -0.2) is 39.5 Å². The first-order valence-electron chi connectivity index (χ1n) is 3.69. The molecule has 0 aromatic carbocycles. The topological polar surface area (TPSA) is 30.5 Å². The van der Waals surface area contributed by atoms with Gasteiger partial charge in [0.25, 0.3) is 6.43 Å². The van der Waals surface area contributed by atoms with Crippen molar-refractivity contribution in [2.45, 2.75) is 25.7 Å². The van der Waals surface area contributed by atoms with Gasteiger partial charge in [-0.25, -0.2) is 8.78 Å². The molecule has 5 heteroatoms. The molecular weight excluding hydrogens is 168 g/mol. The molecule has 0 saturated carbocycles. The number of halogens is 2. The van der Waals surface area contributed by atoms with Crippen LogP contribution < -0.4 is 5.32 Å². The minimum Gasteiger partial charge on any atom is -0.354 e. The van der Waals surface area contributed by atoms with Gasteiger partial charge >= 0.3 is 0 Å². The Bertz CT molecular complexity index is 110. The molecular formula is C7H15F2NO2. The molecule has 0 saturated heterocycles. The van der Waals surface area contributed by atoms with Crippen molar-refractivity contribution >= 4 is 0 Å². The molecule has 0 aromatic heterocycles. The summed E-state index contributed by atoms with van der Waals surface area (Å²) in [6.45, 7) is 1.38. The van der Waals surface area contributed by atoms with Gasteiger partial charge in [-0.05, 0) is 6.92 Å². The maximum atomic E-state index is 11.7. The second-order valence-corrected chi connectivity index (χ2v) is 2.43. The van der Waals surface area contributed by atoms with E-state index in [1.807, 2.05) is 0 Å². The summed E-state index contributed by atoms with van der Waals surface area (Å²) in [5.41, 5.74) is 0. The van der Waals surface area contributed by atoms with Crippen LogP contribution in [0.4, 0.5) is 8.78 Å². The Morgan fingerprint density at radius 1 is 1.25 bits per heavy atom. The van der Waals surface area contributed by atoms with Crippen LogP contribution in [0.15, 0.2) is 0 Å². The molecule has 0 aliphatic carbocycles. The Morgan fingerprint density at radius 3 is 2.08 bits per heavy atom. The maximum absolute atomic E-state index is 11.7. The average molecular weight is 183 g/mol. The zero-order valence-electron chi connectivity index (χ0n) is 7.51. The predicted octanol–water partition coefficient (Wildman–Crippen LogP) is 0.849. The van der Waals surface area contributed by atoms with Crippen molar-refractivity contribution in [2.75, 3.05) is 20.8 Å². The van der Waals surface area contributed by atoms with Crippen LogP contribution in [0.3, 0.4) is 0 Å². The minimum absolute atomic E-state index is 0.242. The minimum atomic E-state index is -2.35. The zero-order chi connectivity index (χ0) is 9.56. The van der Waals surface area contributed by atoms with E-state index in [0.717, 1.165) is 0 Å². The standard InChI is InChI=1S/C7H15F2NO2/c1-5(7(11-2)12-3)10-4-6(8)9/h5-7,10H,4H2,1-3H3. The van der Waals surface area contributed by atoms with Gasteiger partial charge in [-0.1, -0.05) is 0 Å². The van der Waals surface area contributed by atoms with Crippen LogP contribution >= 0.6 is 0 Å². The molecule has 1 N–H and O–H groups in total. The zero-order valence-corrected chi connectivity index (χ0v) is 7.51. The molecule has 0 aromatic rings. The van der Waals surface area contributed by atoms with Crippen LogP contribution in [-0.2, 0) is 9.47 Å². The summed E-state index contributed by atoms with van der Waals surface area (Å²) >= 11 is 0. The predicted molar refractivity (Wildman–Crippen MR) is 41.3 cm³/mol. The fraction of sp³-hybridized carbons (Fsp3) is 1.00. The van der Waals surface area contributed by atoms with Gasteiger partial charge in [-0.3, -0.25) is 0 Å². The molecule has 1 unspecified atom stereocenters. The van der Waals surface area contributed by atoms with Gasteiger partial charge in [0, 0.05) is 14.2 Å². The molecule has 0 fully saturated rings. The van der Waals surface area contributed by atoms with Gasteiger partial charge in [0.05, 0.1) is 12.6 Å². The number of ether oxygens (including phenoxy) is 2. The van der Waals surface area contributed by atoms with Gasteiger partial charge in [0.15, 0.2) is 6.29 Å². The summed E-state index contributed by atoms with van der Waals surface area (Å²) in [6, 6.07) is -0.242. The summed E-state index contributed by atoms with van der Waals surface area (Å²) in [5, 5.41) is 2.58. The number of hydrogen-bond donors (Lipinski definition) is 1. The molecule has 0 amide bonds. The first-order valence-corrected chi connectivity index (χ1v) is 3.69. The molecule has 0 heterocycles. The summed E-state index contributed by atoms with van der Waals surface area (Å²) in [7, 11) is 2.93. The highest BCUT2D eigenvalue weighted by Crippen LogP contribution is 1.99. The molecule has 1 atom stereocenters. The number of rotatable bonds is 6. The van der Waals surface area contributed by atoms with Gasteiger partial charge in [0.1, 0.15) is 0 Å². The molecule has 0 aliphatic heterocycles. The largest absolute Gasteiger partial charge is 0.354 e. The van der Waals surface area contributed by atoms with E-state index in [1.54, 1.807) is 6.92 Å². The van der Waals surface area contributed by atoms with Crippen LogP contribution in [0, 0.1) is 0 Å². The molecule has 12 heavy (non-hydrogen) atoms. The normalized spacial score (nSPS) is 14.2. The lowest BCUT2D eigenvalue weighted by molar-refractivity contribution is -0.120. The van der Waals surface area contributed by atoms with Crippen molar-refractivity contribution in [1.82, 2.24) is 5.32 Å². The third-order valence-electron chi connectivity index (χ3n) is 1.47. The fourth-order valence-electron chi connectivity index (χ4n) is 0.876. The summed E-state index contributed by atoms with van der Waals surface area (Å²) in [5.74, 6) is 0. The Balaban J connectivity index is 3.61. The van der Waals surface area contributed by atoms with Gasteiger partial charge in [-0.15, -0.1) is 0 Å². The van der Waals surface area contributed by atoms with E-state index in [9.17, 15) is 8.78 Å². The highest BCUT2D eigenvalue weighted by atomic mass is 19.3. The van der Waals surface area contributed by atoms with E-state index in [2.05, 4.69) is 5.32 Å². The smallest absolute Gasteiger partial charge is 0.250 e. The lowest BCUT2D eigenvalue weighted by Crippen LogP contribution is -2.41. The summed E-state index contributed by atoms with van der Waals surface area (Å²) in [4.78, 5) is 0. The molecule has 0 bridgehead atoms. The summed E-state index contributed by atoms with van der Waals surface area (Å²) in [6.07, 6.45) is -2.83. The van der Waals surface area contributed by atoms with Crippen LogP contribution in [0.2, 0.25) is 0 Å². The second kappa shape index (κ2) is 6.28. The Morgan fingerprint density at radius 2 is 1.75 bits per heavy atom. The number of alkyl halides is 2. The van der Waals surface area contributed by atoms with Crippen LogP contribution in [0.25, 0.3) is 0 Å². The SMILES string of the molecule is COC(OC)C(C)NCC(F)F. The second-order valence-electron chi connectivity index (χ2n) is 2.43. The third-order valence-corrected chi connectivity index (χ3v) is 1.47. The lowest BCUT2D eigenvalue weighted by Gasteiger charge is -2.21. The van der Waals surface area contributed by atoms with Gasteiger partial charge in [-0.2, -0.15) is 0 Å². The third kappa shape index (κ3) is 4.58. The van der Waals surface area contributed by atoms with E-state index in [1.165, 1.54) is 14.2 Å². The monoisotopic (exact) mass is 183 g/mol. The molecule has 0 rings (SSSR count). The maximum Gasteiger partial charge on any atom is 0.250 e. The highest BCUT2D eigenvalue weighted by molar-refractivity contribution is 4.64. The molecule has 0 spiro atoms. The molecule has 74 valence electrons. The number of nitrogens with one attached hydrogen (secondary N) is 1. The Labute approximate surface area is 71.0 Å². The van der Waals surface area contributed by atoms with E-state index < -0.39 is 12.7 Å². The quantitative estimate of drug-likeness (QED) is 0.619. The van der Waals surface area contributed by atoms with E-state index in [-0.39, 0.29) is 12.6 Å². The van der Waals surface area contributed by atoms with Crippen LogP contribution in [0.5, 0.6) is 0 Å². The van der Waals surface area contributed by atoms with E-state index in [4.69, 9.17) is 9.47 Å². The fourth-order valence-corrected chi connectivity index (χ4v) is 0.876. The van der Waals surface area contributed by atoms with Crippen molar-refractivity contribution in [1.29, 1.82) is 0 Å². The van der Waals surface area contributed by atoms with Gasteiger partial charge in [0.2, 0.25) is 0 Å². The van der Waals surface area contributed by atoms with Crippen molar-refractivity contribution in [3.05, 3.63) is 0 Å². The Hall–Kier alpha value is -0.260. The first kappa shape index (κ1) is 11.7. The number of hydrogen-bond acceptors (Lipinski definition) is 3. The Kier molecular flexibility index (Phi) is 6.14. The van der Waals surface area contributed by atoms with Crippen molar-refractivity contribution in [3.8, 4) is 0 Å². The average Bonchev–Trinajstić information content (AvgIpc) is 2.03. The first-order chi connectivity index (χ1) is 5.61. The van der Waals surface area contributed by atoms with E-state index in [0.29, 0.717) is 0 Å². The van der Waals surface area contributed by atoms with Crippen molar-refractivity contribution in [2.24, 2.45) is 0 Å². The van der Waals surface area contributed by atoms with Crippen molar-refractivity contribution < 1.29 is 18.3 Å². The number of methoxy groups -OCH3 is 2. The van der Waals surface area contributed by atoms with Crippen LogP contribution in [0.1, 0.15) is 6.92 Å². The molecule has 0 radical (unpaired) electrons. The molecule has 0 aliphatic rings. The van der Waals surface area contributed by atoms with Crippen molar-refractivity contribution in [3.63, 3.8) is 0 Å². The molecule has 3 nitrogen and oxygen atoms in total. The van der Waals surface area contributed by atoms with E-state index >= 15 is 0 Å². The van der Waals surface area contributed by atoms with Gasteiger partial charge < -0.3 is 14.8 Å².